The van der Waals surface area contributed by atoms with Crippen molar-refractivity contribution in [3.8, 4) is 10.6 Å². The molecule has 1 saturated heterocycles. The third-order valence-corrected chi connectivity index (χ3v) is 6.75. The van der Waals surface area contributed by atoms with Crippen LogP contribution in [-0.4, -0.2) is 41.0 Å². The van der Waals surface area contributed by atoms with Gasteiger partial charge in [0.2, 0.25) is 0 Å². The van der Waals surface area contributed by atoms with Crippen LogP contribution in [0.5, 0.6) is 0 Å². The lowest BCUT2D eigenvalue weighted by Crippen LogP contribution is -2.31. The number of thiazole rings is 1. The quantitative estimate of drug-likeness (QED) is 0.449. The molecule has 0 unspecified atom stereocenters. The highest BCUT2D eigenvalue weighted by Crippen LogP contribution is 2.30. The molecule has 0 saturated carbocycles. The predicted molar refractivity (Wildman–Crippen MR) is 126 cm³/mol. The number of benzene rings is 2. The van der Waals surface area contributed by atoms with E-state index in [1.165, 1.54) is 27.9 Å². The van der Waals surface area contributed by atoms with Crippen molar-refractivity contribution in [2.75, 3.05) is 31.1 Å². The largest absolute Gasteiger partial charge is 0.368 e. The van der Waals surface area contributed by atoms with E-state index in [2.05, 4.69) is 64.6 Å². The van der Waals surface area contributed by atoms with Crippen LogP contribution in [0.3, 0.4) is 0 Å². The molecule has 30 heavy (non-hydrogen) atoms. The molecule has 5 heteroatoms. The highest BCUT2D eigenvalue weighted by molar-refractivity contribution is 7.13. The SMILES string of the molecule is Cc1ccc2cccnc2c1N1CCCN(Cc2csc(-c3ccccc3)n2)CC1. The first-order valence-corrected chi connectivity index (χ1v) is 11.5. The fourth-order valence-corrected chi connectivity index (χ4v) is 5.12. The molecule has 0 amide bonds. The molecular weight excluding hydrogens is 388 g/mol. The summed E-state index contributed by atoms with van der Waals surface area (Å²) in [6, 6.07) is 19.0. The number of anilines is 1. The summed E-state index contributed by atoms with van der Waals surface area (Å²) in [6.45, 7) is 7.36. The van der Waals surface area contributed by atoms with Gasteiger partial charge in [-0.05, 0) is 25.0 Å². The zero-order valence-electron chi connectivity index (χ0n) is 17.3. The van der Waals surface area contributed by atoms with E-state index in [1.807, 2.05) is 18.3 Å². The summed E-state index contributed by atoms with van der Waals surface area (Å²) in [4.78, 5) is 14.7. The highest BCUT2D eigenvalue weighted by Gasteiger charge is 2.19. The van der Waals surface area contributed by atoms with Crippen LogP contribution in [0.2, 0.25) is 0 Å². The first-order valence-electron chi connectivity index (χ1n) is 10.6. The van der Waals surface area contributed by atoms with Gasteiger partial charge in [-0.2, -0.15) is 0 Å². The Hall–Kier alpha value is -2.76. The maximum atomic E-state index is 4.89. The van der Waals surface area contributed by atoms with Crippen LogP contribution in [0.25, 0.3) is 21.5 Å². The maximum absolute atomic E-state index is 4.89. The lowest BCUT2D eigenvalue weighted by Gasteiger charge is -2.26. The molecule has 3 heterocycles. The first kappa shape index (κ1) is 19.2. The van der Waals surface area contributed by atoms with E-state index >= 15 is 0 Å². The third kappa shape index (κ3) is 3.95. The molecule has 1 aliphatic heterocycles. The van der Waals surface area contributed by atoms with Crippen molar-refractivity contribution in [1.29, 1.82) is 0 Å². The van der Waals surface area contributed by atoms with Gasteiger partial charge >= 0.3 is 0 Å². The normalized spacial score (nSPS) is 15.4. The molecule has 0 aliphatic carbocycles. The van der Waals surface area contributed by atoms with E-state index in [-0.39, 0.29) is 0 Å². The van der Waals surface area contributed by atoms with Gasteiger partial charge in [0.1, 0.15) is 5.01 Å². The molecule has 0 N–H and O–H groups in total. The van der Waals surface area contributed by atoms with Gasteiger partial charge in [0.25, 0.3) is 0 Å². The number of pyridine rings is 1. The minimum Gasteiger partial charge on any atom is -0.368 e. The topological polar surface area (TPSA) is 32.3 Å². The highest BCUT2D eigenvalue weighted by atomic mass is 32.1. The molecule has 152 valence electrons. The lowest BCUT2D eigenvalue weighted by molar-refractivity contribution is 0.282. The Morgan fingerprint density at radius 3 is 2.73 bits per heavy atom. The summed E-state index contributed by atoms with van der Waals surface area (Å²) < 4.78 is 0. The maximum Gasteiger partial charge on any atom is 0.123 e. The summed E-state index contributed by atoms with van der Waals surface area (Å²) in [7, 11) is 0. The van der Waals surface area contributed by atoms with Gasteiger partial charge in [-0.15, -0.1) is 11.3 Å². The number of aryl methyl sites for hydroxylation is 1. The Kier molecular flexibility index (Phi) is 5.47. The second kappa shape index (κ2) is 8.54. The second-order valence-electron chi connectivity index (χ2n) is 7.93. The third-order valence-electron chi connectivity index (χ3n) is 5.81. The van der Waals surface area contributed by atoms with Crippen molar-refractivity contribution in [2.24, 2.45) is 0 Å². The average molecular weight is 415 g/mol. The van der Waals surface area contributed by atoms with Crippen molar-refractivity contribution in [1.82, 2.24) is 14.9 Å². The van der Waals surface area contributed by atoms with E-state index in [4.69, 9.17) is 9.97 Å². The molecule has 0 atom stereocenters. The number of rotatable bonds is 4. The van der Waals surface area contributed by atoms with Gasteiger partial charge in [0, 0.05) is 55.3 Å². The minimum absolute atomic E-state index is 0.921. The molecule has 2 aromatic carbocycles. The van der Waals surface area contributed by atoms with E-state index in [1.54, 1.807) is 11.3 Å². The van der Waals surface area contributed by atoms with Crippen molar-refractivity contribution in [3.63, 3.8) is 0 Å². The Bertz CT molecular complexity index is 1140. The molecule has 1 fully saturated rings. The number of aromatic nitrogens is 2. The second-order valence-corrected chi connectivity index (χ2v) is 8.79. The van der Waals surface area contributed by atoms with Crippen LogP contribution in [0.15, 0.2) is 66.2 Å². The minimum atomic E-state index is 0.921. The standard InChI is InChI=1S/C25H26N4S/c1-19-10-11-20-9-5-12-26-23(20)24(19)29-14-6-13-28(15-16-29)17-22-18-30-25(27-22)21-7-3-2-4-8-21/h2-5,7-12,18H,6,13-17H2,1H3. The molecule has 4 nitrogen and oxygen atoms in total. The summed E-state index contributed by atoms with van der Waals surface area (Å²) in [6.07, 6.45) is 3.06. The van der Waals surface area contributed by atoms with Crippen LogP contribution in [0.4, 0.5) is 5.69 Å². The van der Waals surface area contributed by atoms with E-state index in [0.717, 1.165) is 49.7 Å². The zero-order chi connectivity index (χ0) is 20.3. The van der Waals surface area contributed by atoms with Crippen LogP contribution >= 0.6 is 11.3 Å². The molecule has 0 bridgehead atoms. The Balaban J connectivity index is 1.30. The van der Waals surface area contributed by atoms with Gasteiger partial charge in [-0.3, -0.25) is 9.88 Å². The lowest BCUT2D eigenvalue weighted by atomic mass is 10.1. The summed E-state index contributed by atoms with van der Waals surface area (Å²) in [5.41, 5.74) is 6.11. The molecule has 0 spiro atoms. The Morgan fingerprint density at radius 1 is 0.933 bits per heavy atom. The number of hydrogen-bond acceptors (Lipinski definition) is 5. The van der Waals surface area contributed by atoms with Gasteiger partial charge < -0.3 is 4.90 Å². The molecule has 4 aromatic rings. The Morgan fingerprint density at radius 2 is 1.83 bits per heavy atom. The predicted octanol–water partition coefficient (Wildman–Crippen LogP) is 5.38. The van der Waals surface area contributed by atoms with Gasteiger partial charge in [-0.1, -0.05) is 48.5 Å². The smallest absolute Gasteiger partial charge is 0.123 e. The summed E-state index contributed by atoms with van der Waals surface area (Å²) in [5, 5.41) is 4.54. The molecule has 1 aliphatic rings. The molecule has 2 aromatic heterocycles. The van der Waals surface area contributed by atoms with Gasteiger partial charge in [-0.25, -0.2) is 4.98 Å². The fraction of sp³-hybridized carbons (Fsp3) is 0.280. The first-order chi connectivity index (χ1) is 14.8. The summed E-state index contributed by atoms with van der Waals surface area (Å²) in [5.74, 6) is 0. The molecule has 0 radical (unpaired) electrons. The van der Waals surface area contributed by atoms with Crippen molar-refractivity contribution in [2.45, 2.75) is 19.9 Å². The van der Waals surface area contributed by atoms with Crippen molar-refractivity contribution >= 4 is 27.9 Å². The van der Waals surface area contributed by atoms with Gasteiger partial charge in [0.05, 0.1) is 16.9 Å². The van der Waals surface area contributed by atoms with E-state index in [9.17, 15) is 0 Å². The zero-order valence-corrected chi connectivity index (χ0v) is 18.1. The monoisotopic (exact) mass is 414 g/mol. The Labute approximate surface area is 181 Å². The number of hydrogen-bond donors (Lipinski definition) is 0. The summed E-state index contributed by atoms with van der Waals surface area (Å²) >= 11 is 1.74. The number of nitrogens with zero attached hydrogens (tertiary/aromatic N) is 4. The average Bonchev–Trinajstić information content (AvgIpc) is 3.13. The van der Waals surface area contributed by atoms with Crippen molar-refractivity contribution < 1.29 is 0 Å². The van der Waals surface area contributed by atoms with Crippen LogP contribution in [0, 0.1) is 6.92 Å². The molecule has 5 rings (SSSR count). The van der Waals surface area contributed by atoms with Crippen LogP contribution in [0.1, 0.15) is 17.7 Å². The number of fused-ring (bicyclic) bond motifs is 1. The fourth-order valence-electron chi connectivity index (χ4n) is 4.30. The van der Waals surface area contributed by atoms with Crippen LogP contribution < -0.4 is 4.90 Å². The van der Waals surface area contributed by atoms with Gasteiger partial charge in [0.15, 0.2) is 0 Å². The van der Waals surface area contributed by atoms with Crippen molar-refractivity contribution in [3.05, 3.63) is 77.4 Å². The van der Waals surface area contributed by atoms with E-state index < -0.39 is 0 Å². The van der Waals surface area contributed by atoms with Crippen LogP contribution in [-0.2, 0) is 6.54 Å². The van der Waals surface area contributed by atoms with E-state index in [0.29, 0.717) is 0 Å². The molecular formula is C25H26N4S.